The maximum absolute atomic E-state index is 14.3. The second-order valence-electron chi connectivity index (χ2n) is 4.33. The SMILES string of the molecule is CNCCc1ccccc1C1(F)CCC1. The molecule has 0 bridgehead atoms. The topological polar surface area (TPSA) is 12.0 Å². The average molecular weight is 207 g/mol. The summed E-state index contributed by atoms with van der Waals surface area (Å²) in [6, 6.07) is 7.94. The van der Waals surface area contributed by atoms with Gasteiger partial charge in [0.15, 0.2) is 0 Å². The zero-order chi connectivity index (χ0) is 10.7. The number of rotatable bonds is 4. The van der Waals surface area contributed by atoms with Gasteiger partial charge in [-0.25, -0.2) is 4.39 Å². The average Bonchev–Trinajstić information content (AvgIpc) is 2.23. The minimum atomic E-state index is -1.02. The van der Waals surface area contributed by atoms with Crippen LogP contribution >= 0.6 is 0 Å². The van der Waals surface area contributed by atoms with Gasteiger partial charge in [-0.1, -0.05) is 24.3 Å². The van der Waals surface area contributed by atoms with E-state index >= 15 is 0 Å². The van der Waals surface area contributed by atoms with Gasteiger partial charge in [0.1, 0.15) is 5.67 Å². The lowest BCUT2D eigenvalue weighted by molar-refractivity contribution is 0.0599. The molecule has 1 N–H and O–H groups in total. The standard InChI is InChI=1S/C13H18FN/c1-15-10-7-11-5-2-3-6-12(11)13(14)8-4-9-13/h2-3,5-6,15H,4,7-10H2,1H3. The molecule has 0 aromatic heterocycles. The van der Waals surface area contributed by atoms with Crippen molar-refractivity contribution in [3.05, 3.63) is 35.4 Å². The number of likely N-dealkylation sites (N-methyl/N-ethyl adjacent to an activating group) is 1. The van der Waals surface area contributed by atoms with Crippen LogP contribution in [0.5, 0.6) is 0 Å². The Labute approximate surface area is 90.7 Å². The van der Waals surface area contributed by atoms with Gasteiger partial charge < -0.3 is 5.32 Å². The van der Waals surface area contributed by atoms with Gasteiger partial charge in [-0.2, -0.15) is 0 Å². The Morgan fingerprint density at radius 1 is 1.33 bits per heavy atom. The molecule has 1 saturated carbocycles. The van der Waals surface area contributed by atoms with Crippen molar-refractivity contribution in [1.29, 1.82) is 0 Å². The number of nitrogens with one attached hydrogen (secondary N) is 1. The van der Waals surface area contributed by atoms with Crippen molar-refractivity contribution in [2.24, 2.45) is 0 Å². The molecule has 1 fully saturated rings. The molecule has 1 aromatic rings. The largest absolute Gasteiger partial charge is 0.319 e. The third-order valence-corrected chi connectivity index (χ3v) is 3.29. The van der Waals surface area contributed by atoms with E-state index in [1.807, 2.05) is 31.3 Å². The first-order valence-corrected chi connectivity index (χ1v) is 5.68. The molecule has 0 aliphatic heterocycles. The van der Waals surface area contributed by atoms with E-state index in [0.29, 0.717) is 12.8 Å². The lowest BCUT2D eigenvalue weighted by atomic mass is 9.75. The van der Waals surface area contributed by atoms with E-state index in [0.717, 1.165) is 30.5 Å². The normalized spacial score (nSPS) is 18.5. The van der Waals surface area contributed by atoms with Crippen molar-refractivity contribution in [1.82, 2.24) is 5.32 Å². The Hall–Kier alpha value is -0.890. The van der Waals surface area contributed by atoms with Crippen LogP contribution in [0.15, 0.2) is 24.3 Å². The van der Waals surface area contributed by atoms with Gasteiger partial charge in [0.2, 0.25) is 0 Å². The van der Waals surface area contributed by atoms with Crippen molar-refractivity contribution in [3.8, 4) is 0 Å². The third kappa shape index (κ3) is 2.05. The van der Waals surface area contributed by atoms with E-state index in [2.05, 4.69) is 5.32 Å². The highest BCUT2D eigenvalue weighted by Gasteiger charge is 2.39. The summed E-state index contributed by atoms with van der Waals surface area (Å²) in [5, 5.41) is 3.11. The van der Waals surface area contributed by atoms with Crippen LogP contribution in [0, 0.1) is 0 Å². The molecule has 0 saturated heterocycles. The Morgan fingerprint density at radius 3 is 2.67 bits per heavy atom. The van der Waals surface area contributed by atoms with Crippen LogP contribution in [0.25, 0.3) is 0 Å². The van der Waals surface area contributed by atoms with E-state index < -0.39 is 5.67 Å². The summed E-state index contributed by atoms with van der Waals surface area (Å²) in [7, 11) is 1.93. The molecule has 0 radical (unpaired) electrons. The molecule has 0 heterocycles. The Kier molecular flexibility index (Phi) is 3.06. The fourth-order valence-electron chi connectivity index (χ4n) is 2.19. The summed E-state index contributed by atoms with van der Waals surface area (Å²) < 4.78 is 14.3. The Bertz CT molecular complexity index is 331. The van der Waals surface area contributed by atoms with Gasteiger partial charge in [0.05, 0.1) is 0 Å². The highest BCUT2D eigenvalue weighted by atomic mass is 19.1. The number of hydrogen-bond donors (Lipinski definition) is 1. The summed E-state index contributed by atoms with van der Waals surface area (Å²) in [4.78, 5) is 0. The number of halogens is 1. The maximum atomic E-state index is 14.3. The van der Waals surface area contributed by atoms with Crippen molar-refractivity contribution in [2.75, 3.05) is 13.6 Å². The molecule has 1 nitrogen and oxygen atoms in total. The van der Waals surface area contributed by atoms with Crippen LogP contribution in [-0.4, -0.2) is 13.6 Å². The first-order chi connectivity index (χ1) is 7.26. The van der Waals surface area contributed by atoms with E-state index in [9.17, 15) is 4.39 Å². The predicted molar refractivity (Wildman–Crippen MR) is 60.7 cm³/mol. The van der Waals surface area contributed by atoms with Crippen LogP contribution in [-0.2, 0) is 12.1 Å². The van der Waals surface area contributed by atoms with Gasteiger partial charge in [-0.3, -0.25) is 0 Å². The van der Waals surface area contributed by atoms with Crippen molar-refractivity contribution < 1.29 is 4.39 Å². The van der Waals surface area contributed by atoms with Crippen molar-refractivity contribution >= 4 is 0 Å². The number of hydrogen-bond acceptors (Lipinski definition) is 1. The molecule has 2 heteroatoms. The van der Waals surface area contributed by atoms with Gasteiger partial charge >= 0.3 is 0 Å². The Balaban J connectivity index is 2.21. The third-order valence-electron chi connectivity index (χ3n) is 3.29. The molecule has 0 spiro atoms. The molecule has 15 heavy (non-hydrogen) atoms. The van der Waals surface area contributed by atoms with E-state index in [-0.39, 0.29) is 0 Å². The summed E-state index contributed by atoms with van der Waals surface area (Å²) in [5.74, 6) is 0. The smallest absolute Gasteiger partial charge is 0.136 e. The molecule has 0 unspecified atom stereocenters. The quantitative estimate of drug-likeness (QED) is 0.800. The van der Waals surface area contributed by atoms with Gasteiger partial charge in [0.25, 0.3) is 0 Å². The zero-order valence-electron chi connectivity index (χ0n) is 9.22. The minimum absolute atomic E-state index is 0.698. The maximum Gasteiger partial charge on any atom is 0.136 e. The summed E-state index contributed by atoms with van der Waals surface area (Å²) in [5.41, 5.74) is 1.06. The van der Waals surface area contributed by atoms with E-state index in [1.165, 1.54) is 0 Å². The molecule has 1 aliphatic carbocycles. The van der Waals surface area contributed by atoms with E-state index in [4.69, 9.17) is 0 Å². The minimum Gasteiger partial charge on any atom is -0.319 e. The fraction of sp³-hybridized carbons (Fsp3) is 0.538. The van der Waals surface area contributed by atoms with Crippen molar-refractivity contribution in [2.45, 2.75) is 31.4 Å². The molecule has 1 aromatic carbocycles. The molecule has 1 aliphatic rings. The Morgan fingerprint density at radius 2 is 2.07 bits per heavy atom. The number of alkyl halides is 1. The lowest BCUT2D eigenvalue weighted by Crippen LogP contribution is -2.30. The fourth-order valence-corrected chi connectivity index (χ4v) is 2.19. The summed E-state index contributed by atoms with van der Waals surface area (Å²) in [6.07, 6.45) is 3.34. The monoisotopic (exact) mass is 207 g/mol. The second kappa shape index (κ2) is 4.31. The molecule has 2 rings (SSSR count). The summed E-state index contributed by atoms with van der Waals surface area (Å²) >= 11 is 0. The molecule has 0 amide bonds. The van der Waals surface area contributed by atoms with Gasteiger partial charge in [-0.15, -0.1) is 0 Å². The van der Waals surface area contributed by atoms with Crippen LogP contribution in [0.1, 0.15) is 30.4 Å². The van der Waals surface area contributed by atoms with Crippen LogP contribution in [0.4, 0.5) is 4.39 Å². The predicted octanol–water partition coefficient (Wildman–Crippen LogP) is 2.80. The molecule has 0 atom stereocenters. The number of benzene rings is 1. The second-order valence-corrected chi connectivity index (χ2v) is 4.33. The first kappa shape index (κ1) is 10.6. The lowest BCUT2D eigenvalue weighted by Gasteiger charge is -2.35. The van der Waals surface area contributed by atoms with Crippen molar-refractivity contribution in [3.63, 3.8) is 0 Å². The zero-order valence-corrected chi connectivity index (χ0v) is 9.22. The van der Waals surface area contributed by atoms with Gasteiger partial charge in [0, 0.05) is 0 Å². The van der Waals surface area contributed by atoms with E-state index in [1.54, 1.807) is 0 Å². The highest BCUT2D eigenvalue weighted by Crippen LogP contribution is 2.46. The van der Waals surface area contributed by atoms with Crippen LogP contribution in [0.3, 0.4) is 0 Å². The molecular weight excluding hydrogens is 189 g/mol. The van der Waals surface area contributed by atoms with Crippen LogP contribution in [0.2, 0.25) is 0 Å². The summed E-state index contributed by atoms with van der Waals surface area (Å²) in [6.45, 7) is 0.910. The first-order valence-electron chi connectivity index (χ1n) is 5.68. The van der Waals surface area contributed by atoms with Gasteiger partial charge in [-0.05, 0) is 50.4 Å². The molecular formula is C13H18FN. The highest BCUT2D eigenvalue weighted by molar-refractivity contribution is 5.34. The molecule has 82 valence electrons. The van der Waals surface area contributed by atoms with Crippen LogP contribution < -0.4 is 5.32 Å².